The Bertz CT molecular complexity index is 1120. The first kappa shape index (κ1) is 57.3. The minimum absolute atomic E-state index is 0.0318. The molecule has 3 unspecified atom stereocenters. The van der Waals surface area contributed by atoms with Gasteiger partial charge >= 0.3 is 5.97 Å². The first-order valence-corrected chi connectivity index (χ1v) is 25.2. The molecule has 0 saturated carbocycles. The molecule has 0 aromatic rings. The van der Waals surface area contributed by atoms with Crippen LogP contribution in [0.3, 0.4) is 0 Å². The van der Waals surface area contributed by atoms with E-state index < -0.39 is 18.2 Å². The topological polar surface area (TPSA) is 95.9 Å². The van der Waals surface area contributed by atoms with Gasteiger partial charge in [-0.25, -0.2) is 0 Å². The zero-order valence-electron chi connectivity index (χ0n) is 39.3. The van der Waals surface area contributed by atoms with Gasteiger partial charge in [0.15, 0.2) is 0 Å². The smallest absolute Gasteiger partial charge is 0.306 e. The largest absolute Gasteiger partial charge is 0.462 e. The number of carbonyl (C=O) groups excluding carboxylic acids is 2. The van der Waals surface area contributed by atoms with E-state index in [-0.39, 0.29) is 24.9 Å². The quantitative estimate of drug-likeness (QED) is 0.0323. The number of hydrogen-bond donors (Lipinski definition) is 3. The van der Waals surface area contributed by atoms with Gasteiger partial charge in [-0.1, -0.05) is 209 Å². The molecule has 0 aromatic heterocycles. The maximum Gasteiger partial charge on any atom is 0.306 e. The number of aliphatic hydroxyl groups excluding tert-OH is 2. The van der Waals surface area contributed by atoms with Crippen molar-refractivity contribution in [3.05, 3.63) is 72.9 Å². The normalized spacial score (nSPS) is 13.9. The van der Waals surface area contributed by atoms with E-state index >= 15 is 0 Å². The van der Waals surface area contributed by atoms with Crippen LogP contribution < -0.4 is 5.32 Å². The van der Waals surface area contributed by atoms with Gasteiger partial charge in [-0.15, -0.1) is 0 Å². The number of allylic oxidation sites excluding steroid dienone is 12. The molecule has 0 radical (unpaired) electrons. The lowest BCUT2D eigenvalue weighted by atomic mass is 10.0. The van der Waals surface area contributed by atoms with Crippen molar-refractivity contribution < 1.29 is 24.5 Å². The van der Waals surface area contributed by atoms with Crippen molar-refractivity contribution in [2.45, 2.75) is 251 Å². The van der Waals surface area contributed by atoms with Crippen LogP contribution in [0.4, 0.5) is 0 Å². The molecule has 346 valence electrons. The molecule has 0 rings (SSSR count). The highest BCUT2D eigenvalue weighted by atomic mass is 16.5. The second kappa shape index (κ2) is 47.4. The Kier molecular flexibility index (Phi) is 45.2. The summed E-state index contributed by atoms with van der Waals surface area (Å²) in [7, 11) is 0. The third-order valence-corrected chi connectivity index (χ3v) is 11.0. The summed E-state index contributed by atoms with van der Waals surface area (Å²) in [5.74, 6) is -0.575. The Morgan fingerprint density at radius 3 is 1.42 bits per heavy atom. The standard InChI is InChI=1S/C54H95NO5/c1-4-7-10-13-16-19-22-25-26-27-28-29-32-35-38-41-44-47-54(59)60-50(45-42-39-36-33-30-23-20-17-14-11-8-5-2)48-53(58)55-51(49-56)52(57)46-43-40-37-34-31-24-21-18-15-12-9-6-3/h7,10,16,19,25-26,28-29,33,35-36,38,50-52,56-57H,4-6,8-9,11-15,17-18,20-24,27,30-32,34,37,39-49H2,1-3H3,(H,55,58)/b10-7-,19-16-,26-25-,29-28-,36-33-,38-35-. The van der Waals surface area contributed by atoms with Crippen LogP contribution in [0.2, 0.25) is 0 Å². The second-order valence-electron chi connectivity index (χ2n) is 16.8. The van der Waals surface area contributed by atoms with Crippen LogP contribution in [0.25, 0.3) is 0 Å². The van der Waals surface area contributed by atoms with Crippen molar-refractivity contribution in [1.82, 2.24) is 5.32 Å². The van der Waals surface area contributed by atoms with E-state index in [4.69, 9.17) is 4.74 Å². The van der Waals surface area contributed by atoms with Gasteiger partial charge in [-0.2, -0.15) is 0 Å². The fraction of sp³-hybridized carbons (Fsp3) is 0.741. The van der Waals surface area contributed by atoms with Gasteiger partial charge in [0, 0.05) is 6.42 Å². The summed E-state index contributed by atoms with van der Waals surface area (Å²) in [4.78, 5) is 26.1. The van der Waals surface area contributed by atoms with Gasteiger partial charge in [0.05, 0.1) is 25.2 Å². The maximum absolute atomic E-state index is 13.2. The lowest BCUT2D eigenvalue weighted by molar-refractivity contribution is -0.151. The molecule has 0 aliphatic rings. The van der Waals surface area contributed by atoms with Crippen molar-refractivity contribution in [3.63, 3.8) is 0 Å². The van der Waals surface area contributed by atoms with Crippen molar-refractivity contribution in [2.75, 3.05) is 6.61 Å². The average molecular weight is 838 g/mol. The average Bonchev–Trinajstić information content (AvgIpc) is 3.24. The Hall–Kier alpha value is -2.70. The molecular formula is C54H95NO5. The molecule has 0 spiro atoms. The van der Waals surface area contributed by atoms with Crippen LogP contribution in [0.5, 0.6) is 0 Å². The summed E-state index contributed by atoms with van der Waals surface area (Å²) >= 11 is 0. The fourth-order valence-corrected chi connectivity index (χ4v) is 7.23. The third kappa shape index (κ3) is 42.0. The predicted octanol–water partition coefficient (Wildman–Crippen LogP) is 15.0. The molecule has 0 aliphatic carbocycles. The lowest BCUT2D eigenvalue weighted by Gasteiger charge is -2.24. The van der Waals surface area contributed by atoms with Crippen LogP contribution in [0.15, 0.2) is 72.9 Å². The highest BCUT2D eigenvalue weighted by Gasteiger charge is 2.24. The monoisotopic (exact) mass is 838 g/mol. The maximum atomic E-state index is 13.2. The molecule has 1 amide bonds. The molecule has 6 heteroatoms. The van der Waals surface area contributed by atoms with E-state index in [1.807, 2.05) is 0 Å². The molecule has 6 nitrogen and oxygen atoms in total. The number of ether oxygens (including phenoxy) is 1. The Balaban J connectivity index is 4.69. The zero-order valence-corrected chi connectivity index (χ0v) is 39.3. The number of hydrogen-bond acceptors (Lipinski definition) is 5. The van der Waals surface area contributed by atoms with Crippen molar-refractivity contribution in [1.29, 1.82) is 0 Å². The highest BCUT2D eigenvalue weighted by molar-refractivity contribution is 5.77. The van der Waals surface area contributed by atoms with Gasteiger partial charge in [-0.05, 0) is 83.5 Å². The first-order valence-electron chi connectivity index (χ1n) is 25.2. The van der Waals surface area contributed by atoms with E-state index in [1.54, 1.807) is 0 Å². The van der Waals surface area contributed by atoms with Crippen LogP contribution in [-0.2, 0) is 14.3 Å². The van der Waals surface area contributed by atoms with Crippen LogP contribution in [0.1, 0.15) is 233 Å². The van der Waals surface area contributed by atoms with Crippen molar-refractivity contribution >= 4 is 11.9 Å². The second-order valence-corrected chi connectivity index (χ2v) is 16.8. The van der Waals surface area contributed by atoms with Crippen LogP contribution in [0, 0.1) is 0 Å². The zero-order chi connectivity index (χ0) is 43.8. The van der Waals surface area contributed by atoms with Crippen LogP contribution >= 0.6 is 0 Å². The predicted molar refractivity (Wildman–Crippen MR) is 259 cm³/mol. The summed E-state index contributed by atoms with van der Waals surface area (Å²) in [6.07, 6.45) is 59.7. The molecule has 0 heterocycles. The lowest BCUT2D eigenvalue weighted by Crippen LogP contribution is -2.46. The Morgan fingerprint density at radius 1 is 0.500 bits per heavy atom. The van der Waals surface area contributed by atoms with E-state index in [2.05, 4.69) is 99.0 Å². The molecule has 60 heavy (non-hydrogen) atoms. The van der Waals surface area contributed by atoms with Crippen molar-refractivity contribution in [2.24, 2.45) is 0 Å². The number of unbranched alkanes of at least 4 members (excludes halogenated alkanes) is 20. The van der Waals surface area contributed by atoms with Gasteiger partial charge in [-0.3, -0.25) is 9.59 Å². The van der Waals surface area contributed by atoms with E-state index in [9.17, 15) is 19.8 Å². The molecule has 0 fully saturated rings. The number of aliphatic hydroxyl groups is 2. The van der Waals surface area contributed by atoms with Crippen molar-refractivity contribution in [3.8, 4) is 0 Å². The molecule has 3 N–H and O–H groups in total. The van der Waals surface area contributed by atoms with Gasteiger partial charge < -0.3 is 20.3 Å². The molecule has 0 aliphatic heterocycles. The van der Waals surface area contributed by atoms with Crippen LogP contribution in [-0.4, -0.2) is 46.9 Å². The summed E-state index contributed by atoms with van der Waals surface area (Å²) in [5, 5.41) is 23.7. The molecular weight excluding hydrogens is 743 g/mol. The van der Waals surface area contributed by atoms with Gasteiger partial charge in [0.2, 0.25) is 5.91 Å². The molecule has 3 atom stereocenters. The Morgan fingerprint density at radius 2 is 0.917 bits per heavy atom. The molecule has 0 aromatic carbocycles. The minimum atomic E-state index is -0.805. The Labute approximate surface area is 371 Å². The number of rotatable bonds is 44. The fourth-order valence-electron chi connectivity index (χ4n) is 7.23. The summed E-state index contributed by atoms with van der Waals surface area (Å²) in [5.41, 5.74) is 0. The van der Waals surface area contributed by atoms with Gasteiger partial charge in [0.25, 0.3) is 0 Å². The number of carbonyl (C=O) groups is 2. The van der Waals surface area contributed by atoms with E-state index in [1.165, 1.54) is 103 Å². The first-order chi connectivity index (χ1) is 29.5. The number of esters is 1. The van der Waals surface area contributed by atoms with Gasteiger partial charge in [0.1, 0.15) is 6.10 Å². The number of nitrogens with one attached hydrogen (secondary N) is 1. The minimum Gasteiger partial charge on any atom is -0.462 e. The summed E-state index contributed by atoms with van der Waals surface area (Å²) in [6.45, 7) is 6.33. The third-order valence-electron chi connectivity index (χ3n) is 11.0. The SMILES string of the molecule is CC/C=C\C/C=C\C/C=C\C/C=C\C/C=C\CCCC(=O)OC(CCC/C=C\CCCCCCCCC)CC(=O)NC(CO)C(O)CCCCCCCCCCCCCC. The molecule has 0 bridgehead atoms. The van der Waals surface area contributed by atoms with E-state index in [0.29, 0.717) is 25.7 Å². The highest BCUT2D eigenvalue weighted by Crippen LogP contribution is 2.16. The summed E-state index contributed by atoms with van der Waals surface area (Å²) < 4.78 is 5.88. The summed E-state index contributed by atoms with van der Waals surface area (Å²) in [6, 6.07) is -0.723. The van der Waals surface area contributed by atoms with E-state index in [0.717, 1.165) is 77.0 Å². The number of amides is 1. The molecule has 0 saturated heterocycles.